The molecule has 3 rings (SSSR count). The van der Waals surface area contributed by atoms with Gasteiger partial charge in [-0.1, -0.05) is 48.9 Å². The first-order chi connectivity index (χ1) is 13.5. The van der Waals surface area contributed by atoms with Gasteiger partial charge in [0, 0.05) is 16.6 Å². The Labute approximate surface area is 171 Å². The molecule has 0 unspecified atom stereocenters. The Morgan fingerprint density at radius 3 is 2.68 bits per heavy atom. The summed E-state index contributed by atoms with van der Waals surface area (Å²) in [6, 6.07) is 13.3. The average Bonchev–Trinajstić information content (AvgIpc) is 2.71. The largest absolute Gasteiger partial charge is 0.496 e. The second-order valence-corrected chi connectivity index (χ2v) is 7.16. The molecule has 0 heterocycles. The molecule has 0 aromatic heterocycles. The molecule has 0 saturated heterocycles. The van der Waals surface area contributed by atoms with Crippen molar-refractivity contribution >= 4 is 17.6 Å². The highest BCUT2D eigenvalue weighted by molar-refractivity contribution is 6.31. The summed E-state index contributed by atoms with van der Waals surface area (Å²) in [5.41, 5.74) is 3.09. The van der Waals surface area contributed by atoms with E-state index in [9.17, 15) is 4.79 Å². The van der Waals surface area contributed by atoms with E-state index >= 15 is 0 Å². The third-order valence-electron chi connectivity index (χ3n) is 4.78. The van der Waals surface area contributed by atoms with Crippen molar-refractivity contribution in [3.63, 3.8) is 0 Å². The van der Waals surface area contributed by atoms with Crippen molar-refractivity contribution in [2.24, 2.45) is 0 Å². The lowest BCUT2D eigenvalue weighted by Crippen LogP contribution is -2.35. The van der Waals surface area contributed by atoms with Crippen LogP contribution in [0.5, 0.6) is 5.75 Å². The van der Waals surface area contributed by atoms with Gasteiger partial charge in [0.25, 0.3) is 0 Å². The number of rotatable bonds is 6. The smallest absolute Gasteiger partial charge is 0.337 e. The molecule has 0 bridgehead atoms. The molecule has 2 aromatic carbocycles. The summed E-state index contributed by atoms with van der Waals surface area (Å²) in [5, 5.41) is 21.4. The zero-order chi connectivity index (χ0) is 20.5. The van der Waals surface area contributed by atoms with E-state index in [1.165, 1.54) is 36.1 Å². The summed E-state index contributed by atoms with van der Waals surface area (Å²) in [4.78, 5) is 10.3. The van der Waals surface area contributed by atoms with E-state index < -0.39 is 12.1 Å². The van der Waals surface area contributed by atoms with Crippen molar-refractivity contribution < 1.29 is 19.7 Å². The predicted molar refractivity (Wildman–Crippen MR) is 111 cm³/mol. The quantitative estimate of drug-likeness (QED) is 0.676. The number of halogens is 1. The van der Waals surface area contributed by atoms with Crippen LogP contribution in [0.25, 0.3) is 0 Å². The van der Waals surface area contributed by atoms with Gasteiger partial charge in [0.1, 0.15) is 5.75 Å². The molecule has 152 valence electrons. The fraction of sp³-hybridized carbons (Fsp3) is 0.409. The third-order valence-corrected chi connectivity index (χ3v) is 5.12. The van der Waals surface area contributed by atoms with Gasteiger partial charge in [-0.05, 0) is 55.5 Å². The Bertz CT molecular complexity index is 781. The van der Waals surface area contributed by atoms with Gasteiger partial charge >= 0.3 is 5.97 Å². The molecular formula is C22H28ClNO4. The molecule has 0 fully saturated rings. The zero-order valence-electron chi connectivity index (χ0n) is 16.3. The lowest BCUT2D eigenvalue weighted by molar-refractivity contribution is -0.146. The summed E-state index contributed by atoms with van der Waals surface area (Å²) in [6.07, 6.45) is 3.18. The number of hydrogen-bond acceptors (Lipinski definition) is 4. The molecule has 0 aliphatic heterocycles. The normalized spacial score (nSPS) is 16.4. The monoisotopic (exact) mass is 405 g/mol. The molecule has 5 nitrogen and oxygen atoms in total. The Kier molecular flexibility index (Phi) is 8.77. The molecule has 2 aromatic rings. The number of hydrogen-bond donors (Lipinski definition) is 3. The molecule has 1 aliphatic carbocycles. The number of carbonyl (C=O) groups is 1. The van der Waals surface area contributed by atoms with Crippen LogP contribution >= 0.6 is 11.6 Å². The van der Waals surface area contributed by atoms with Crippen LogP contribution in [-0.4, -0.2) is 35.9 Å². The minimum Gasteiger partial charge on any atom is -0.496 e. The minimum absolute atomic E-state index is 0.215. The highest BCUT2D eigenvalue weighted by Gasteiger charge is 2.20. The maximum atomic E-state index is 10.3. The summed E-state index contributed by atoms with van der Waals surface area (Å²) >= 11 is 5.64. The molecule has 1 aliphatic rings. The SMILES string of the molecule is CCCN[C@@H]1CCc2c(cccc2OC)C1.O=C(O)[C@@H](O)c1ccccc1Cl. The first kappa shape index (κ1) is 22.2. The fourth-order valence-electron chi connectivity index (χ4n) is 3.32. The average molecular weight is 406 g/mol. The second-order valence-electron chi connectivity index (χ2n) is 6.75. The Balaban J connectivity index is 0.000000209. The lowest BCUT2D eigenvalue weighted by atomic mass is 9.87. The van der Waals surface area contributed by atoms with Crippen molar-refractivity contribution in [1.82, 2.24) is 5.32 Å². The van der Waals surface area contributed by atoms with E-state index in [2.05, 4.69) is 30.4 Å². The van der Waals surface area contributed by atoms with Crippen LogP contribution in [0.15, 0.2) is 42.5 Å². The van der Waals surface area contributed by atoms with Gasteiger partial charge in [0.2, 0.25) is 0 Å². The van der Waals surface area contributed by atoms with Gasteiger partial charge in [-0.15, -0.1) is 0 Å². The predicted octanol–water partition coefficient (Wildman–Crippen LogP) is 4.01. The van der Waals surface area contributed by atoms with E-state index in [-0.39, 0.29) is 10.6 Å². The molecule has 3 N–H and O–H groups in total. The van der Waals surface area contributed by atoms with Gasteiger partial charge in [0.05, 0.1) is 7.11 Å². The molecular weight excluding hydrogens is 378 g/mol. The van der Waals surface area contributed by atoms with E-state index in [1.54, 1.807) is 19.2 Å². The Morgan fingerprint density at radius 1 is 1.29 bits per heavy atom. The van der Waals surface area contributed by atoms with E-state index in [0.717, 1.165) is 25.1 Å². The standard InChI is InChI=1S/C14H21NO.C8H7ClO3/c1-3-9-15-12-7-8-13-11(10-12)5-4-6-14(13)16-2;9-6-4-2-1-3-5(6)7(10)8(11)12/h4-6,12,15H,3,7-10H2,1-2H3;1-4,7,10H,(H,11,12)/t12-;7-/m10/s1. The first-order valence-corrected chi connectivity index (χ1v) is 9.89. The summed E-state index contributed by atoms with van der Waals surface area (Å²) < 4.78 is 5.41. The van der Waals surface area contributed by atoms with Gasteiger partial charge in [-0.2, -0.15) is 0 Å². The molecule has 0 spiro atoms. The van der Waals surface area contributed by atoms with Gasteiger partial charge < -0.3 is 20.3 Å². The molecule has 0 radical (unpaired) electrons. The van der Waals surface area contributed by atoms with Crippen LogP contribution < -0.4 is 10.1 Å². The number of carboxylic acid groups (broad SMARTS) is 1. The Morgan fingerprint density at radius 2 is 2.04 bits per heavy atom. The zero-order valence-corrected chi connectivity index (χ0v) is 17.1. The number of carboxylic acids is 1. The number of fused-ring (bicyclic) bond motifs is 1. The van der Waals surface area contributed by atoms with Crippen LogP contribution in [0.4, 0.5) is 0 Å². The minimum atomic E-state index is -1.54. The van der Waals surface area contributed by atoms with Crippen LogP contribution in [0.2, 0.25) is 5.02 Å². The first-order valence-electron chi connectivity index (χ1n) is 9.51. The molecule has 6 heteroatoms. The van der Waals surface area contributed by atoms with E-state index in [1.807, 2.05) is 0 Å². The lowest BCUT2D eigenvalue weighted by Gasteiger charge is -2.26. The summed E-state index contributed by atoms with van der Waals surface area (Å²) in [7, 11) is 1.76. The molecule has 28 heavy (non-hydrogen) atoms. The highest BCUT2D eigenvalue weighted by atomic mass is 35.5. The van der Waals surface area contributed by atoms with Crippen molar-refractivity contribution in [1.29, 1.82) is 0 Å². The number of benzene rings is 2. The number of nitrogens with one attached hydrogen (secondary N) is 1. The molecule has 2 atom stereocenters. The molecule has 0 amide bonds. The van der Waals surface area contributed by atoms with E-state index in [4.69, 9.17) is 26.6 Å². The molecule has 0 saturated carbocycles. The van der Waals surface area contributed by atoms with Gasteiger partial charge in [0.15, 0.2) is 6.10 Å². The van der Waals surface area contributed by atoms with Gasteiger partial charge in [-0.25, -0.2) is 4.79 Å². The van der Waals surface area contributed by atoms with Crippen LogP contribution in [0.1, 0.15) is 42.6 Å². The Hall–Kier alpha value is -2.08. The van der Waals surface area contributed by atoms with Gasteiger partial charge in [-0.3, -0.25) is 0 Å². The van der Waals surface area contributed by atoms with Crippen LogP contribution in [0, 0.1) is 0 Å². The summed E-state index contributed by atoms with van der Waals surface area (Å²) in [5.74, 6) is -0.241. The van der Waals surface area contributed by atoms with E-state index in [0.29, 0.717) is 6.04 Å². The third kappa shape index (κ3) is 5.96. The maximum Gasteiger partial charge on any atom is 0.337 e. The van der Waals surface area contributed by atoms with Crippen LogP contribution in [0.3, 0.4) is 0 Å². The number of aliphatic carboxylic acids is 1. The highest BCUT2D eigenvalue weighted by Crippen LogP contribution is 2.29. The summed E-state index contributed by atoms with van der Waals surface area (Å²) in [6.45, 7) is 3.34. The van der Waals surface area contributed by atoms with Crippen LogP contribution in [-0.2, 0) is 17.6 Å². The van der Waals surface area contributed by atoms with Crippen molar-refractivity contribution in [3.05, 3.63) is 64.2 Å². The van der Waals surface area contributed by atoms with Crippen molar-refractivity contribution in [3.8, 4) is 5.75 Å². The number of methoxy groups -OCH3 is 1. The topological polar surface area (TPSA) is 78.8 Å². The second kappa shape index (κ2) is 11.1. The number of aliphatic hydroxyl groups excluding tert-OH is 1. The van der Waals surface area contributed by atoms with Crippen molar-refractivity contribution in [2.45, 2.75) is 44.8 Å². The number of aliphatic hydroxyl groups is 1. The number of ether oxygens (including phenoxy) is 1. The van der Waals surface area contributed by atoms with Crippen molar-refractivity contribution in [2.75, 3.05) is 13.7 Å². The maximum absolute atomic E-state index is 10.3. The fourth-order valence-corrected chi connectivity index (χ4v) is 3.56.